The molecule has 0 bridgehead atoms. The molecule has 0 amide bonds. The lowest BCUT2D eigenvalue weighted by atomic mass is 9.95. The molecule has 0 heterocycles. The molecule has 27 heteroatoms. The summed E-state index contributed by atoms with van der Waals surface area (Å²) in [6, 6.07) is 29.2. The number of carbonyl (C=O) groups excluding carboxylic acids is 1. The summed E-state index contributed by atoms with van der Waals surface area (Å²) in [5, 5.41) is 12.3. The fourth-order valence-corrected chi connectivity index (χ4v) is 9.06. The molecule has 0 aromatic heterocycles. The number of hydrogen-bond donors (Lipinski definition) is 0. The molecule has 8 rings (SSSR count). The molecule has 0 radical (unpaired) electrons. The Labute approximate surface area is 437 Å². The number of carboxylic acids is 1. The van der Waals surface area contributed by atoms with Crippen LogP contribution in [0, 0.1) is 116 Å². The average molecular weight is 1170 g/mol. The van der Waals surface area contributed by atoms with Crippen molar-refractivity contribution in [3.8, 4) is 51.4 Å². The number of carbonyl (C=O) groups is 1. The molecule has 0 aliphatic rings. The molecule has 0 N–H and O–H groups in total. The maximum Gasteiger partial charge on any atom is 0.213 e. The molecule has 8 aromatic rings. The average Bonchev–Trinajstić information content (AvgIpc) is 3.49. The number of aromatic carboxylic acids is 1. The third-order valence-electron chi connectivity index (χ3n) is 10.5. The van der Waals surface area contributed by atoms with Crippen LogP contribution in [0.5, 0.6) is 40.2 Å². The van der Waals surface area contributed by atoms with Crippen LogP contribution in [0.25, 0.3) is 11.1 Å². The first-order chi connectivity index (χ1) is 37.5. The van der Waals surface area contributed by atoms with Crippen LogP contribution in [0.1, 0.15) is 31.1 Å². The van der Waals surface area contributed by atoms with E-state index in [4.69, 9.17) is 4.74 Å². The highest BCUT2D eigenvalue weighted by Crippen LogP contribution is 2.55. The van der Waals surface area contributed by atoms with Crippen molar-refractivity contribution in [2.45, 2.75) is 41.1 Å². The number of carboxylic acid groups (broad SMARTS) is 1. The fourth-order valence-electron chi connectivity index (χ4n) is 6.98. The van der Waals surface area contributed by atoms with Crippen LogP contribution in [0.4, 0.5) is 87.8 Å². The van der Waals surface area contributed by atoms with Crippen LogP contribution < -0.4 is 24.1 Å². The summed E-state index contributed by atoms with van der Waals surface area (Å²) in [5.74, 6) is -80.3. The smallest absolute Gasteiger partial charge is 0.213 e. The van der Waals surface area contributed by atoms with Gasteiger partial charge in [0.15, 0.2) is 49.5 Å². The van der Waals surface area contributed by atoms with Crippen LogP contribution in [-0.2, 0) is 10.9 Å². The van der Waals surface area contributed by atoms with E-state index in [-0.39, 0.29) is 16.5 Å². The summed E-state index contributed by atoms with van der Waals surface area (Å²) in [6.45, 7) is 6.21. The van der Waals surface area contributed by atoms with Gasteiger partial charge in [-0.25, -0.2) is 61.5 Å². The van der Waals surface area contributed by atoms with Gasteiger partial charge in [-0.3, -0.25) is 0 Å². The zero-order chi connectivity index (χ0) is 59.1. The van der Waals surface area contributed by atoms with Crippen LogP contribution in [-0.4, -0.2) is 11.6 Å². The first-order valence-corrected chi connectivity index (χ1v) is 22.9. The van der Waals surface area contributed by atoms with Gasteiger partial charge in [-0.2, -0.15) is 26.3 Å². The molecule has 0 spiro atoms. The van der Waals surface area contributed by atoms with Gasteiger partial charge in [0.1, 0.15) is 11.4 Å². The Balaban J connectivity index is 0.000000319. The zero-order valence-electron chi connectivity index (χ0n) is 39.6. The van der Waals surface area contributed by atoms with Crippen molar-refractivity contribution in [2.24, 2.45) is 0 Å². The second kappa shape index (κ2) is 23.0. The molecule has 0 aliphatic heterocycles. The van der Waals surface area contributed by atoms with Crippen LogP contribution in [0.2, 0.25) is 0 Å². The van der Waals surface area contributed by atoms with Crippen molar-refractivity contribution < 1.29 is 117 Å². The Morgan fingerprint density at radius 2 is 0.662 bits per heavy atom. The lowest BCUT2D eigenvalue weighted by molar-refractivity contribution is -0.255. The normalized spacial score (nSPS) is 11.4. The maximum absolute atomic E-state index is 15.2. The molecular weight excluding hydrogens is 1140 g/mol. The highest BCUT2D eigenvalue weighted by atomic mass is 32.2. The second-order valence-corrected chi connectivity index (χ2v) is 18.8. The molecule has 0 fully saturated rings. The van der Waals surface area contributed by atoms with Gasteiger partial charge in [-0.1, -0.05) is 36.4 Å². The fraction of sp³-hybridized carbons (Fsp3) is 0.0755. The van der Waals surface area contributed by atoms with E-state index in [0.29, 0.717) is 0 Å². The van der Waals surface area contributed by atoms with Crippen LogP contribution in [0.3, 0.4) is 0 Å². The van der Waals surface area contributed by atoms with Gasteiger partial charge in [0, 0.05) is 11.1 Å². The SMILES string of the molecule is CC(C)(C)Oc1ccc([S+](c2ccccc2)c2ccccc2)cc1.O=C([O-])c1cc(Oc2c(F)c(F)c(F)c(F)c2F)c(Oc2c(F)c(F)c(F)c(F)c2F)c(Oc2c(F)c(F)c(F)c(F)c2F)c1-c1c(F)c(F)c(F)c(F)c1F. The predicted octanol–water partition coefficient (Wildman–Crippen LogP) is 15.8. The minimum Gasteiger partial charge on any atom is -0.545 e. The van der Waals surface area contributed by atoms with E-state index in [9.17, 15) is 88.9 Å². The van der Waals surface area contributed by atoms with Gasteiger partial charge in [-0.05, 0) is 75.4 Å². The minimum absolute atomic E-state index is 0.102. The number of benzene rings is 8. The van der Waals surface area contributed by atoms with Gasteiger partial charge < -0.3 is 28.8 Å². The van der Waals surface area contributed by atoms with E-state index < -0.39 is 180 Å². The third-order valence-corrected chi connectivity index (χ3v) is 12.7. The summed E-state index contributed by atoms with van der Waals surface area (Å²) in [4.78, 5) is 16.2. The molecule has 0 saturated carbocycles. The van der Waals surface area contributed by atoms with Crippen molar-refractivity contribution in [2.75, 3.05) is 0 Å². The molecule has 0 atom stereocenters. The summed E-state index contributed by atoms with van der Waals surface area (Å²) in [6.07, 6.45) is 0. The third kappa shape index (κ3) is 11.2. The lowest BCUT2D eigenvalue weighted by Crippen LogP contribution is -2.24. The minimum atomic E-state index is -3.17. The van der Waals surface area contributed by atoms with E-state index in [1.165, 1.54) is 14.7 Å². The van der Waals surface area contributed by atoms with E-state index in [2.05, 4.69) is 120 Å². The van der Waals surface area contributed by atoms with E-state index >= 15 is 8.78 Å². The topological polar surface area (TPSA) is 77.1 Å². The quantitative estimate of drug-likeness (QED) is 0.0525. The molecule has 0 unspecified atom stereocenters. The van der Waals surface area contributed by atoms with Crippen LogP contribution >= 0.6 is 0 Å². The molecule has 0 saturated heterocycles. The molecule has 6 nitrogen and oxygen atoms in total. The lowest BCUT2D eigenvalue weighted by Gasteiger charge is -2.24. The largest absolute Gasteiger partial charge is 0.545 e. The highest BCUT2D eigenvalue weighted by Gasteiger charge is 2.39. The summed E-state index contributed by atoms with van der Waals surface area (Å²) in [7, 11) is -0.102. The number of rotatable bonds is 12. The summed E-state index contributed by atoms with van der Waals surface area (Å²) < 4.78 is 307. The predicted molar refractivity (Wildman–Crippen MR) is 237 cm³/mol. The Kier molecular flexibility index (Phi) is 17.0. The van der Waals surface area contributed by atoms with Crippen molar-refractivity contribution >= 4 is 16.9 Å². The van der Waals surface area contributed by atoms with Crippen molar-refractivity contribution in [1.82, 2.24) is 0 Å². The standard InChI is InChI=1S/C31H2F20O5.C22H23OS/c32-6-5(7(33)9(35)10(36)8(6)34)4-2(31(52)53)1-3(54-28-20(46)14(40)11(37)15(41)21(28)47)26(55-29-22(48)16(42)12(38)17(43)23(29)49)27(4)56-30-24(50)18(44)13(39)19(45)25(30)51;1-22(2,3)23-18-14-16-21(17-15-18)24(19-10-6-4-7-11-19)20-12-8-5-9-13-20/h1H,(H,52,53);4-17H,1-3H3/q;+1/p-1. The number of ether oxygens (including phenoxy) is 4. The van der Waals surface area contributed by atoms with Crippen LogP contribution in [0.15, 0.2) is 106 Å². The number of halogens is 20. The first-order valence-electron chi connectivity index (χ1n) is 21.7. The Morgan fingerprint density at radius 3 is 1.00 bits per heavy atom. The highest BCUT2D eigenvalue weighted by molar-refractivity contribution is 7.97. The van der Waals surface area contributed by atoms with E-state index in [0.717, 1.165) is 5.75 Å². The molecule has 80 heavy (non-hydrogen) atoms. The van der Waals surface area contributed by atoms with Gasteiger partial charge >= 0.3 is 0 Å². The number of hydrogen-bond acceptors (Lipinski definition) is 6. The van der Waals surface area contributed by atoms with Gasteiger partial charge in [-0.15, -0.1) is 0 Å². The van der Waals surface area contributed by atoms with Crippen molar-refractivity contribution in [3.63, 3.8) is 0 Å². The van der Waals surface area contributed by atoms with Gasteiger partial charge in [0.05, 0.1) is 22.4 Å². The van der Waals surface area contributed by atoms with Crippen molar-refractivity contribution in [3.05, 3.63) is 213 Å². The Hall–Kier alpha value is -8.62. The first kappa shape index (κ1) is 59.0. The Morgan fingerprint density at radius 1 is 0.362 bits per heavy atom. The maximum atomic E-state index is 15.2. The van der Waals surface area contributed by atoms with Crippen molar-refractivity contribution in [1.29, 1.82) is 0 Å². The molecule has 8 aromatic carbocycles. The van der Waals surface area contributed by atoms with E-state index in [1.807, 2.05) is 0 Å². The summed E-state index contributed by atoms with van der Waals surface area (Å²) >= 11 is 0. The summed E-state index contributed by atoms with van der Waals surface area (Å²) in [5.41, 5.74) is -7.88. The molecule has 418 valence electrons. The molecule has 0 aliphatic carbocycles. The Bertz CT molecular complexity index is 3600. The van der Waals surface area contributed by atoms with Gasteiger partial charge in [0.2, 0.25) is 116 Å². The second-order valence-electron chi connectivity index (χ2n) is 16.8. The van der Waals surface area contributed by atoms with E-state index in [1.54, 1.807) is 0 Å². The monoisotopic (exact) mass is 1170 g/mol. The zero-order valence-corrected chi connectivity index (χ0v) is 40.4. The molecular formula is C53H24F20O6S. The van der Waals surface area contributed by atoms with Gasteiger partial charge in [0.25, 0.3) is 0 Å².